The normalized spacial score (nSPS) is 18.8. The quantitative estimate of drug-likeness (QED) is 0.369. The predicted molar refractivity (Wildman–Crippen MR) is 149 cm³/mol. The molecule has 0 bridgehead atoms. The average Bonchev–Trinajstić information content (AvgIpc) is 3.48. The maximum atomic E-state index is 13.0. The van der Waals surface area contributed by atoms with Crippen molar-refractivity contribution in [2.45, 2.75) is 57.8 Å². The summed E-state index contributed by atoms with van der Waals surface area (Å²) in [6.07, 6.45) is 3.81. The van der Waals surface area contributed by atoms with Crippen molar-refractivity contribution in [1.82, 2.24) is 5.32 Å². The first kappa shape index (κ1) is 26.5. The second kappa shape index (κ2) is 12.2. The molecule has 2 aliphatic rings. The van der Waals surface area contributed by atoms with Gasteiger partial charge in [0.05, 0.1) is 24.4 Å². The van der Waals surface area contributed by atoms with Crippen LogP contribution in [0.5, 0.6) is 5.75 Å². The first-order valence-corrected chi connectivity index (χ1v) is 13.5. The Labute approximate surface area is 229 Å². The Balaban J connectivity index is 1.08. The molecule has 3 aromatic rings. The number of nitrogens with zero attached hydrogens (tertiary/aromatic N) is 1. The van der Waals surface area contributed by atoms with Gasteiger partial charge in [0.1, 0.15) is 12.4 Å². The molecule has 5 rings (SSSR count). The van der Waals surface area contributed by atoms with E-state index in [2.05, 4.69) is 35.6 Å². The number of rotatable bonds is 9. The third-order valence-corrected chi connectivity index (χ3v) is 7.48. The Morgan fingerprint density at radius 2 is 1.77 bits per heavy atom. The van der Waals surface area contributed by atoms with Gasteiger partial charge in [0.15, 0.2) is 0 Å². The summed E-state index contributed by atoms with van der Waals surface area (Å²) in [6.45, 7) is 2.52. The second-order valence-electron chi connectivity index (χ2n) is 10.3. The number of hydrogen-bond donors (Lipinski definition) is 1. The van der Waals surface area contributed by atoms with Crippen molar-refractivity contribution in [3.8, 4) is 5.75 Å². The molecule has 39 heavy (non-hydrogen) atoms. The van der Waals surface area contributed by atoms with Crippen LogP contribution in [0, 0.1) is 5.92 Å². The van der Waals surface area contributed by atoms with Crippen LogP contribution in [0.25, 0.3) is 0 Å². The summed E-state index contributed by atoms with van der Waals surface area (Å²) in [5, 5.41) is 7.47. The SMILES string of the molecule is COC(=O)c1ccc(COc2ccc(CC(C)C3=NOC(C(=O)NC4CCCc5ccccc54)C3)cc2)cc1. The maximum absolute atomic E-state index is 13.0. The van der Waals surface area contributed by atoms with Crippen LogP contribution in [0.1, 0.15) is 64.8 Å². The minimum Gasteiger partial charge on any atom is -0.489 e. The summed E-state index contributed by atoms with van der Waals surface area (Å²) in [6, 6.07) is 23.6. The molecule has 1 heterocycles. The van der Waals surface area contributed by atoms with Crippen LogP contribution in [-0.4, -0.2) is 30.8 Å². The van der Waals surface area contributed by atoms with Gasteiger partial charge in [-0.15, -0.1) is 0 Å². The molecule has 0 fully saturated rings. The molecule has 202 valence electrons. The lowest BCUT2D eigenvalue weighted by molar-refractivity contribution is -0.132. The van der Waals surface area contributed by atoms with Crippen LogP contribution in [0.4, 0.5) is 0 Å². The van der Waals surface area contributed by atoms with Gasteiger partial charge in [0, 0.05) is 12.3 Å². The molecule has 7 nitrogen and oxygen atoms in total. The highest BCUT2D eigenvalue weighted by atomic mass is 16.6. The number of esters is 1. The number of aryl methyl sites for hydroxylation is 1. The summed E-state index contributed by atoms with van der Waals surface area (Å²) in [5.74, 6) is 0.472. The average molecular weight is 527 g/mol. The van der Waals surface area contributed by atoms with Crippen LogP contribution >= 0.6 is 0 Å². The van der Waals surface area contributed by atoms with Crippen molar-refractivity contribution in [3.05, 3.63) is 101 Å². The van der Waals surface area contributed by atoms with Gasteiger partial charge < -0.3 is 19.6 Å². The van der Waals surface area contributed by atoms with E-state index in [-0.39, 0.29) is 23.8 Å². The van der Waals surface area contributed by atoms with Gasteiger partial charge in [-0.05, 0) is 72.2 Å². The van der Waals surface area contributed by atoms with Crippen molar-refractivity contribution >= 4 is 17.6 Å². The number of carbonyl (C=O) groups excluding carboxylic acids is 2. The summed E-state index contributed by atoms with van der Waals surface area (Å²) >= 11 is 0. The third-order valence-electron chi connectivity index (χ3n) is 7.48. The Hall–Kier alpha value is -4.13. The zero-order chi connectivity index (χ0) is 27.2. The van der Waals surface area contributed by atoms with E-state index in [1.807, 2.05) is 42.5 Å². The van der Waals surface area contributed by atoms with E-state index in [4.69, 9.17) is 14.3 Å². The number of ether oxygens (including phenoxy) is 2. The van der Waals surface area contributed by atoms with E-state index in [0.717, 1.165) is 48.3 Å². The lowest BCUT2D eigenvalue weighted by Gasteiger charge is -2.27. The van der Waals surface area contributed by atoms with E-state index in [0.29, 0.717) is 18.6 Å². The molecular weight excluding hydrogens is 492 g/mol. The number of hydrogen-bond acceptors (Lipinski definition) is 6. The molecule has 3 unspecified atom stereocenters. The standard InChI is InChI=1S/C32H34N2O5/c1-21(18-22-12-16-26(17-13-22)38-20-23-10-14-25(15-11-23)32(36)37-2)29-19-30(39-34-29)31(35)33-28-9-5-7-24-6-3-4-8-27(24)28/h3-4,6,8,10-17,21,28,30H,5,7,9,18-20H2,1-2H3,(H,33,35). The molecule has 0 radical (unpaired) electrons. The first-order chi connectivity index (χ1) is 19.0. The van der Waals surface area contributed by atoms with Crippen LogP contribution in [0.2, 0.25) is 0 Å². The van der Waals surface area contributed by atoms with Gasteiger partial charge in [-0.3, -0.25) is 4.79 Å². The van der Waals surface area contributed by atoms with Crippen molar-refractivity contribution in [2.24, 2.45) is 11.1 Å². The van der Waals surface area contributed by atoms with Crippen molar-refractivity contribution < 1.29 is 23.9 Å². The third kappa shape index (κ3) is 6.48. The fourth-order valence-electron chi connectivity index (χ4n) is 5.21. The van der Waals surface area contributed by atoms with Crippen LogP contribution in [0.3, 0.4) is 0 Å². The summed E-state index contributed by atoms with van der Waals surface area (Å²) in [7, 11) is 1.37. The van der Waals surface area contributed by atoms with Gasteiger partial charge in [-0.25, -0.2) is 4.79 Å². The molecule has 3 aromatic carbocycles. The van der Waals surface area contributed by atoms with Crippen LogP contribution < -0.4 is 10.1 Å². The number of nitrogens with one attached hydrogen (secondary N) is 1. The molecule has 1 aliphatic carbocycles. The molecule has 1 N–H and O–H groups in total. The largest absolute Gasteiger partial charge is 0.489 e. The zero-order valence-electron chi connectivity index (χ0n) is 22.4. The first-order valence-electron chi connectivity index (χ1n) is 13.5. The fourth-order valence-corrected chi connectivity index (χ4v) is 5.21. The van der Waals surface area contributed by atoms with Crippen LogP contribution in [-0.2, 0) is 33.8 Å². The molecule has 7 heteroatoms. The van der Waals surface area contributed by atoms with Crippen molar-refractivity contribution in [1.29, 1.82) is 0 Å². The maximum Gasteiger partial charge on any atom is 0.337 e. The second-order valence-corrected chi connectivity index (χ2v) is 10.3. The minimum absolute atomic E-state index is 0.0347. The molecule has 0 saturated heterocycles. The van der Waals surface area contributed by atoms with Gasteiger partial charge in [-0.1, -0.05) is 60.6 Å². The highest BCUT2D eigenvalue weighted by Crippen LogP contribution is 2.30. The fraction of sp³-hybridized carbons (Fsp3) is 0.344. The Bertz CT molecular complexity index is 1330. The van der Waals surface area contributed by atoms with Gasteiger partial charge in [0.2, 0.25) is 6.10 Å². The van der Waals surface area contributed by atoms with E-state index in [9.17, 15) is 9.59 Å². The summed E-state index contributed by atoms with van der Waals surface area (Å²) in [5.41, 5.74) is 6.08. The topological polar surface area (TPSA) is 86.2 Å². The van der Waals surface area contributed by atoms with Crippen molar-refractivity contribution in [3.63, 3.8) is 0 Å². The number of fused-ring (bicyclic) bond motifs is 1. The number of benzene rings is 3. The molecule has 1 amide bonds. The highest BCUT2D eigenvalue weighted by molar-refractivity contribution is 5.94. The monoisotopic (exact) mass is 526 g/mol. The van der Waals surface area contributed by atoms with E-state index in [1.54, 1.807) is 12.1 Å². The minimum atomic E-state index is -0.575. The smallest absolute Gasteiger partial charge is 0.337 e. The van der Waals surface area contributed by atoms with E-state index in [1.165, 1.54) is 18.2 Å². The highest BCUT2D eigenvalue weighted by Gasteiger charge is 2.32. The summed E-state index contributed by atoms with van der Waals surface area (Å²) in [4.78, 5) is 30.1. The molecule has 0 aromatic heterocycles. The molecular formula is C32H34N2O5. The number of carbonyl (C=O) groups is 2. The molecule has 0 saturated carbocycles. The summed E-state index contributed by atoms with van der Waals surface area (Å²) < 4.78 is 10.6. The van der Waals surface area contributed by atoms with Gasteiger partial charge in [-0.2, -0.15) is 0 Å². The molecule has 0 spiro atoms. The number of oxime groups is 1. The van der Waals surface area contributed by atoms with Gasteiger partial charge in [0.25, 0.3) is 5.91 Å². The van der Waals surface area contributed by atoms with Gasteiger partial charge >= 0.3 is 5.97 Å². The number of amides is 1. The van der Waals surface area contributed by atoms with E-state index >= 15 is 0 Å². The van der Waals surface area contributed by atoms with Crippen molar-refractivity contribution in [2.75, 3.05) is 7.11 Å². The lowest BCUT2D eigenvalue weighted by atomic mass is 9.87. The number of methoxy groups -OCH3 is 1. The zero-order valence-corrected chi connectivity index (χ0v) is 22.4. The molecule has 1 aliphatic heterocycles. The molecule has 3 atom stereocenters. The Kier molecular flexibility index (Phi) is 8.25. The Morgan fingerprint density at radius 3 is 2.54 bits per heavy atom. The van der Waals surface area contributed by atoms with E-state index < -0.39 is 6.10 Å². The predicted octanol–water partition coefficient (Wildman–Crippen LogP) is 5.57. The Morgan fingerprint density at radius 1 is 1.03 bits per heavy atom. The lowest BCUT2D eigenvalue weighted by Crippen LogP contribution is -2.38. The van der Waals surface area contributed by atoms with Crippen LogP contribution in [0.15, 0.2) is 78.0 Å².